The third-order valence-corrected chi connectivity index (χ3v) is 6.93. The van der Waals surface area contributed by atoms with Crippen LogP contribution in [0.2, 0.25) is 0 Å². The van der Waals surface area contributed by atoms with Crippen LogP contribution in [0.25, 0.3) is 10.9 Å². The van der Waals surface area contributed by atoms with Crippen molar-refractivity contribution in [1.82, 2.24) is 9.10 Å². The molecule has 3 aromatic rings. The van der Waals surface area contributed by atoms with Crippen molar-refractivity contribution in [2.75, 3.05) is 5.32 Å². The van der Waals surface area contributed by atoms with Crippen molar-refractivity contribution in [3.63, 3.8) is 0 Å². The highest BCUT2D eigenvalue weighted by atomic mass is 79.9. The van der Waals surface area contributed by atoms with Crippen LogP contribution in [-0.4, -0.2) is 24.6 Å². The molecule has 0 radical (unpaired) electrons. The predicted molar refractivity (Wildman–Crippen MR) is 105 cm³/mol. The van der Waals surface area contributed by atoms with Crippen molar-refractivity contribution in [2.45, 2.75) is 17.7 Å². The normalized spacial score (nSPS) is 13.9. The number of carbonyl (C=O) groups excluding carboxylic acids is 2. The zero-order valence-electron chi connectivity index (χ0n) is 14.0. The topological polar surface area (TPSA) is 105 Å². The summed E-state index contributed by atoms with van der Waals surface area (Å²) in [6.07, 6.45) is 0.456. The molecular weight excluding hydrogens is 473 g/mol. The number of anilines is 1. The molecule has 144 valence electrons. The molecule has 1 aliphatic rings. The number of amides is 2. The van der Waals surface area contributed by atoms with E-state index in [1.165, 1.54) is 0 Å². The van der Waals surface area contributed by atoms with Gasteiger partial charge in [0.15, 0.2) is 0 Å². The molecule has 4 rings (SSSR count). The summed E-state index contributed by atoms with van der Waals surface area (Å²) in [4.78, 5) is 23.4. The zero-order chi connectivity index (χ0) is 20.1. The molecule has 0 fully saturated rings. The number of aryl methyl sites for hydroxylation is 1. The van der Waals surface area contributed by atoms with Gasteiger partial charge in [0.1, 0.15) is 15.6 Å². The highest BCUT2D eigenvalue weighted by molar-refractivity contribution is 9.10. The number of hydrogen-bond donors (Lipinski definition) is 2. The second kappa shape index (κ2) is 6.90. The number of rotatable bonds is 3. The van der Waals surface area contributed by atoms with Gasteiger partial charge >= 0.3 is 0 Å². The average Bonchev–Trinajstić information content (AvgIpc) is 3.03. The molecule has 0 aliphatic carbocycles. The summed E-state index contributed by atoms with van der Waals surface area (Å²) in [5.41, 5.74) is 1.27. The van der Waals surface area contributed by atoms with E-state index in [-0.39, 0.29) is 29.3 Å². The first-order valence-corrected chi connectivity index (χ1v) is 11.0. The van der Waals surface area contributed by atoms with E-state index in [0.717, 1.165) is 23.7 Å². The number of sulfonamides is 1. The van der Waals surface area contributed by atoms with Crippen molar-refractivity contribution < 1.29 is 22.4 Å². The van der Waals surface area contributed by atoms with Gasteiger partial charge in [-0.05, 0) is 53.8 Å². The molecular formula is C17H11BrFN3O4S2. The molecule has 11 heteroatoms. The van der Waals surface area contributed by atoms with Gasteiger partial charge in [-0.25, -0.2) is 17.5 Å². The SMILES string of the molecule is O=C1CCc2cc(S(=O)(=O)NC(=O)c3snc4ccc(Br)cc34)c(F)cc2N1. The van der Waals surface area contributed by atoms with Crippen LogP contribution in [0.3, 0.4) is 0 Å². The first-order valence-electron chi connectivity index (χ1n) is 7.99. The van der Waals surface area contributed by atoms with Crippen LogP contribution in [0.4, 0.5) is 10.1 Å². The Bertz CT molecular complexity index is 1260. The van der Waals surface area contributed by atoms with E-state index in [2.05, 4.69) is 25.6 Å². The molecule has 0 unspecified atom stereocenters. The second-order valence-corrected chi connectivity index (χ2v) is 9.44. The van der Waals surface area contributed by atoms with Crippen LogP contribution in [0, 0.1) is 5.82 Å². The van der Waals surface area contributed by atoms with Crippen molar-refractivity contribution in [1.29, 1.82) is 0 Å². The highest BCUT2D eigenvalue weighted by Gasteiger charge is 2.27. The van der Waals surface area contributed by atoms with Gasteiger partial charge in [0, 0.05) is 22.0 Å². The molecule has 0 saturated heterocycles. The second-order valence-electron chi connectivity index (χ2n) is 6.10. The third kappa shape index (κ3) is 3.40. The monoisotopic (exact) mass is 483 g/mol. The van der Waals surface area contributed by atoms with Gasteiger partial charge in [-0.2, -0.15) is 4.37 Å². The van der Waals surface area contributed by atoms with Gasteiger partial charge in [0.25, 0.3) is 15.9 Å². The van der Waals surface area contributed by atoms with E-state index in [9.17, 15) is 22.4 Å². The molecule has 0 saturated carbocycles. The van der Waals surface area contributed by atoms with Gasteiger partial charge in [-0.3, -0.25) is 9.59 Å². The Morgan fingerprint density at radius 2 is 2.04 bits per heavy atom. The fourth-order valence-electron chi connectivity index (χ4n) is 2.89. The highest BCUT2D eigenvalue weighted by Crippen LogP contribution is 2.29. The lowest BCUT2D eigenvalue weighted by Crippen LogP contribution is -2.31. The summed E-state index contributed by atoms with van der Waals surface area (Å²) < 4.78 is 46.4. The van der Waals surface area contributed by atoms with Crippen LogP contribution in [0.5, 0.6) is 0 Å². The maximum Gasteiger partial charge on any atom is 0.277 e. The van der Waals surface area contributed by atoms with Crippen LogP contribution in [0.1, 0.15) is 21.7 Å². The molecule has 0 atom stereocenters. The molecule has 2 aromatic carbocycles. The van der Waals surface area contributed by atoms with Gasteiger partial charge in [0.05, 0.1) is 5.52 Å². The largest absolute Gasteiger partial charge is 0.326 e. The minimum atomic E-state index is -4.46. The minimum absolute atomic E-state index is 0.102. The Hall–Kier alpha value is -2.37. The van der Waals surface area contributed by atoms with Gasteiger partial charge in [0.2, 0.25) is 5.91 Å². The smallest absolute Gasteiger partial charge is 0.277 e. The molecule has 0 spiro atoms. The minimum Gasteiger partial charge on any atom is -0.326 e. The summed E-state index contributed by atoms with van der Waals surface area (Å²) in [6.45, 7) is 0. The number of hydrogen-bond acceptors (Lipinski definition) is 6. The molecule has 28 heavy (non-hydrogen) atoms. The van der Waals surface area contributed by atoms with E-state index in [1.807, 2.05) is 4.72 Å². The van der Waals surface area contributed by atoms with Crippen LogP contribution < -0.4 is 10.0 Å². The summed E-state index contributed by atoms with van der Waals surface area (Å²) in [6, 6.07) is 7.19. The van der Waals surface area contributed by atoms with E-state index < -0.39 is 26.6 Å². The van der Waals surface area contributed by atoms with Gasteiger partial charge < -0.3 is 5.32 Å². The maximum atomic E-state index is 14.4. The van der Waals surface area contributed by atoms with Crippen molar-refractivity contribution in [3.8, 4) is 0 Å². The standard InChI is InChI=1S/C17H11BrFN3O4S2/c18-9-2-3-12-10(6-9)16(27-21-12)17(24)22-28(25,26)14-5-8-1-4-15(23)20-13(8)7-11(14)19/h2-3,5-7H,1,4H2,(H,20,23)(H,22,24). The lowest BCUT2D eigenvalue weighted by molar-refractivity contribution is -0.116. The van der Waals surface area contributed by atoms with E-state index in [4.69, 9.17) is 0 Å². The summed E-state index contributed by atoms with van der Waals surface area (Å²) >= 11 is 4.15. The average molecular weight is 484 g/mol. The molecule has 1 aliphatic heterocycles. The summed E-state index contributed by atoms with van der Waals surface area (Å²) in [5.74, 6) is -2.21. The Morgan fingerprint density at radius 1 is 1.25 bits per heavy atom. The number of halogens is 2. The Balaban J connectivity index is 1.68. The summed E-state index contributed by atoms with van der Waals surface area (Å²) in [5, 5.41) is 2.98. The number of nitrogens with zero attached hydrogens (tertiary/aromatic N) is 1. The Labute approximate surface area is 171 Å². The molecule has 0 bridgehead atoms. The lowest BCUT2D eigenvalue weighted by Gasteiger charge is -2.18. The quantitative estimate of drug-likeness (QED) is 0.594. The van der Waals surface area contributed by atoms with Crippen molar-refractivity contribution in [3.05, 3.63) is 51.1 Å². The van der Waals surface area contributed by atoms with Crippen molar-refractivity contribution >= 4 is 65.9 Å². The number of aromatic nitrogens is 1. The van der Waals surface area contributed by atoms with E-state index in [0.29, 0.717) is 20.9 Å². The maximum absolute atomic E-state index is 14.4. The molecule has 2 amide bonds. The van der Waals surface area contributed by atoms with Crippen molar-refractivity contribution in [2.24, 2.45) is 0 Å². The first kappa shape index (κ1) is 19.0. The van der Waals surface area contributed by atoms with E-state index >= 15 is 0 Å². The number of carbonyl (C=O) groups is 2. The Kier molecular flexibility index (Phi) is 4.68. The Morgan fingerprint density at radius 3 is 2.82 bits per heavy atom. The third-order valence-electron chi connectivity index (χ3n) is 4.21. The molecule has 1 aromatic heterocycles. The van der Waals surface area contributed by atoms with Gasteiger partial charge in [-0.1, -0.05) is 15.9 Å². The van der Waals surface area contributed by atoms with Crippen LogP contribution in [-0.2, 0) is 21.2 Å². The molecule has 2 heterocycles. The van der Waals surface area contributed by atoms with Gasteiger partial charge in [-0.15, -0.1) is 0 Å². The van der Waals surface area contributed by atoms with Crippen LogP contribution in [0.15, 0.2) is 39.7 Å². The van der Waals surface area contributed by atoms with E-state index in [1.54, 1.807) is 18.2 Å². The fraction of sp³-hybridized carbons (Fsp3) is 0.118. The zero-order valence-corrected chi connectivity index (χ0v) is 17.2. The van der Waals surface area contributed by atoms with Crippen LogP contribution >= 0.6 is 27.5 Å². The first-order chi connectivity index (χ1) is 13.2. The molecule has 7 nitrogen and oxygen atoms in total. The predicted octanol–water partition coefficient (Wildman–Crippen LogP) is 3.20. The number of nitrogens with one attached hydrogen (secondary N) is 2. The fourth-order valence-corrected chi connectivity index (χ4v) is 5.13. The molecule has 2 N–H and O–H groups in total. The number of benzene rings is 2. The summed E-state index contributed by atoms with van der Waals surface area (Å²) in [7, 11) is -4.46. The number of fused-ring (bicyclic) bond motifs is 2. The lowest BCUT2D eigenvalue weighted by atomic mass is 10.0.